The van der Waals surface area contributed by atoms with Crippen LogP contribution < -0.4 is 10.0 Å². The van der Waals surface area contributed by atoms with E-state index in [2.05, 4.69) is 16.6 Å². The minimum absolute atomic E-state index is 0.141. The molecule has 1 aliphatic carbocycles. The van der Waals surface area contributed by atoms with Crippen LogP contribution in [0.2, 0.25) is 0 Å². The van der Waals surface area contributed by atoms with Crippen LogP contribution in [0.3, 0.4) is 0 Å². The molecule has 0 aliphatic heterocycles. The van der Waals surface area contributed by atoms with Crippen LogP contribution in [0.25, 0.3) is 0 Å². The Morgan fingerprint density at radius 2 is 1.86 bits per heavy atom. The maximum Gasteiger partial charge on any atom is 0.251 e. The molecule has 1 aromatic rings. The predicted molar refractivity (Wildman–Crippen MR) is 81.5 cm³/mol. The number of hydrogen-bond donors (Lipinski definition) is 2. The molecule has 2 rings (SSSR count). The molecule has 0 atom stereocenters. The fourth-order valence-corrected chi connectivity index (χ4v) is 3.37. The Bertz CT molecular complexity index is 602. The lowest BCUT2D eigenvalue weighted by Gasteiger charge is -2.12. The molecule has 0 unspecified atom stereocenters. The van der Waals surface area contributed by atoms with Crippen LogP contribution >= 0.6 is 0 Å². The molecule has 1 aromatic carbocycles. The van der Waals surface area contributed by atoms with Crippen molar-refractivity contribution in [2.24, 2.45) is 0 Å². The third-order valence-electron chi connectivity index (χ3n) is 3.53. The highest BCUT2D eigenvalue weighted by atomic mass is 32.2. The standard InChI is InChI=1S/C15H20N2O3S/c1-2-11-16-21(19,20)14-9-7-12(8-10-14)15(18)17-13-5-3-4-6-13/h2,7-10,13,16H,1,3-6,11H2,(H,17,18). The second kappa shape index (κ2) is 6.87. The Labute approximate surface area is 125 Å². The second-order valence-corrected chi connectivity index (χ2v) is 6.89. The quantitative estimate of drug-likeness (QED) is 0.787. The SMILES string of the molecule is C=CCNS(=O)(=O)c1ccc(C(=O)NC2CCCC2)cc1. The van der Waals surface area contributed by atoms with Gasteiger partial charge < -0.3 is 5.32 Å². The summed E-state index contributed by atoms with van der Waals surface area (Å²) >= 11 is 0. The minimum Gasteiger partial charge on any atom is -0.349 e. The molecule has 114 valence electrons. The number of hydrogen-bond acceptors (Lipinski definition) is 3. The van der Waals surface area contributed by atoms with Gasteiger partial charge in [-0.1, -0.05) is 18.9 Å². The van der Waals surface area contributed by atoms with E-state index in [-0.39, 0.29) is 23.4 Å². The predicted octanol–water partition coefficient (Wildman–Crippen LogP) is 1.82. The van der Waals surface area contributed by atoms with Gasteiger partial charge in [-0.25, -0.2) is 13.1 Å². The number of benzene rings is 1. The normalized spacial score (nSPS) is 15.8. The maximum atomic E-state index is 12.0. The van der Waals surface area contributed by atoms with Gasteiger partial charge in [0.15, 0.2) is 0 Å². The number of rotatable bonds is 6. The molecule has 0 spiro atoms. The van der Waals surface area contributed by atoms with Gasteiger partial charge in [0.1, 0.15) is 0 Å². The molecular formula is C15H20N2O3S. The molecule has 2 N–H and O–H groups in total. The van der Waals surface area contributed by atoms with E-state index >= 15 is 0 Å². The molecule has 1 fully saturated rings. The Morgan fingerprint density at radius 3 is 2.43 bits per heavy atom. The Morgan fingerprint density at radius 1 is 1.24 bits per heavy atom. The molecule has 0 saturated heterocycles. The van der Waals surface area contributed by atoms with E-state index in [0.717, 1.165) is 25.7 Å². The van der Waals surface area contributed by atoms with Gasteiger partial charge in [0, 0.05) is 18.2 Å². The molecule has 1 amide bonds. The molecule has 1 aliphatic rings. The molecule has 0 aromatic heterocycles. The fraction of sp³-hybridized carbons (Fsp3) is 0.400. The molecule has 1 saturated carbocycles. The van der Waals surface area contributed by atoms with Crippen molar-refractivity contribution in [3.63, 3.8) is 0 Å². The number of carbonyl (C=O) groups is 1. The summed E-state index contributed by atoms with van der Waals surface area (Å²) in [6.07, 6.45) is 5.81. The summed E-state index contributed by atoms with van der Waals surface area (Å²) in [6.45, 7) is 3.64. The van der Waals surface area contributed by atoms with Crippen LogP contribution in [0.4, 0.5) is 0 Å². The van der Waals surface area contributed by atoms with Crippen LogP contribution in [0.5, 0.6) is 0 Å². The van der Waals surface area contributed by atoms with E-state index in [1.807, 2.05) is 0 Å². The van der Waals surface area contributed by atoms with E-state index in [1.54, 1.807) is 0 Å². The minimum atomic E-state index is -3.54. The third kappa shape index (κ3) is 4.15. The summed E-state index contributed by atoms with van der Waals surface area (Å²) in [4.78, 5) is 12.2. The van der Waals surface area contributed by atoms with E-state index in [9.17, 15) is 13.2 Å². The Balaban J connectivity index is 2.04. The zero-order valence-electron chi connectivity index (χ0n) is 11.8. The molecule has 0 radical (unpaired) electrons. The highest BCUT2D eigenvalue weighted by Crippen LogP contribution is 2.18. The lowest BCUT2D eigenvalue weighted by atomic mass is 10.2. The first-order valence-electron chi connectivity index (χ1n) is 7.04. The van der Waals surface area contributed by atoms with E-state index in [0.29, 0.717) is 5.56 Å². The monoisotopic (exact) mass is 308 g/mol. The topological polar surface area (TPSA) is 75.3 Å². The maximum absolute atomic E-state index is 12.0. The van der Waals surface area contributed by atoms with Gasteiger partial charge in [-0.2, -0.15) is 0 Å². The fourth-order valence-electron chi connectivity index (χ4n) is 2.38. The number of amides is 1. The van der Waals surface area contributed by atoms with Crippen molar-refractivity contribution >= 4 is 15.9 Å². The average Bonchev–Trinajstić information content (AvgIpc) is 2.98. The molecule has 0 bridgehead atoms. The first kappa shape index (κ1) is 15.7. The lowest BCUT2D eigenvalue weighted by molar-refractivity contribution is 0.0938. The zero-order chi connectivity index (χ0) is 15.3. The number of carbonyl (C=O) groups excluding carboxylic acids is 1. The highest BCUT2D eigenvalue weighted by Gasteiger charge is 2.18. The van der Waals surface area contributed by atoms with Crippen LogP contribution in [-0.4, -0.2) is 26.9 Å². The van der Waals surface area contributed by atoms with Crippen LogP contribution in [0.1, 0.15) is 36.0 Å². The van der Waals surface area contributed by atoms with Crippen molar-refractivity contribution in [1.29, 1.82) is 0 Å². The van der Waals surface area contributed by atoms with Gasteiger partial charge in [-0.05, 0) is 37.1 Å². The van der Waals surface area contributed by atoms with Gasteiger partial charge in [-0.15, -0.1) is 6.58 Å². The molecular weight excluding hydrogens is 288 g/mol. The second-order valence-electron chi connectivity index (χ2n) is 5.12. The van der Waals surface area contributed by atoms with Gasteiger partial charge in [0.2, 0.25) is 10.0 Å². The first-order chi connectivity index (χ1) is 10.0. The zero-order valence-corrected chi connectivity index (χ0v) is 12.7. The number of nitrogens with one attached hydrogen (secondary N) is 2. The highest BCUT2D eigenvalue weighted by molar-refractivity contribution is 7.89. The van der Waals surface area contributed by atoms with E-state index in [4.69, 9.17) is 0 Å². The summed E-state index contributed by atoms with van der Waals surface area (Å²) in [5.74, 6) is -0.148. The summed E-state index contributed by atoms with van der Waals surface area (Å²) in [5, 5.41) is 2.97. The van der Waals surface area contributed by atoms with Crippen molar-refractivity contribution in [2.75, 3.05) is 6.54 Å². The largest absolute Gasteiger partial charge is 0.349 e. The van der Waals surface area contributed by atoms with E-state index in [1.165, 1.54) is 30.3 Å². The van der Waals surface area contributed by atoms with Gasteiger partial charge in [-0.3, -0.25) is 4.79 Å². The number of sulfonamides is 1. The molecule has 21 heavy (non-hydrogen) atoms. The lowest BCUT2D eigenvalue weighted by Crippen LogP contribution is -2.32. The Kier molecular flexibility index (Phi) is 5.14. The van der Waals surface area contributed by atoms with Crippen LogP contribution in [0.15, 0.2) is 41.8 Å². The van der Waals surface area contributed by atoms with Crippen LogP contribution in [-0.2, 0) is 10.0 Å². The summed E-state index contributed by atoms with van der Waals surface area (Å²) < 4.78 is 26.2. The van der Waals surface area contributed by atoms with Crippen molar-refractivity contribution in [3.8, 4) is 0 Å². The van der Waals surface area contributed by atoms with E-state index < -0.39 is 10.0 Å². The summed E-state index contributed by atoms with van der Waals surface area (Å²) in [7, 11) is -3.54. The smallest absolute Gasteiger partial charge is 0.251 e. The third-order valence-corrected chi connectivity index (χ3v) is 4.97. The first-order valence-corrected chi connectivity index (χ1v) is 8.53. The Hall–Kier alpha value is -1.66. The van der Waals surface area contributed by atoms with Crippen molar-refractivity contribution < 1.29 is 13.2 Å². The van der Waals surface area contributed by atoms with Gasteiger partial charge in [0.05, 0.1) is 4.90 Å². The molecule has 6 heteroatoms. The van der Waals surface area contributed by atoms with Crippen molar-refractivity contribution in [3.05, 3.63) is 42.5 Å². The van der Waals surface area contributed by atoms with Gasteiger partial charge in [0.25, 0.3) is 5.91 Å². The van der Waals surface area contributed by atoms with Crippen molar-refractivity contribution in [2.45, 2.75) is 36.6 Å². The van der Waals surface area contributed by atoms with Crippen molar-refractivity contribution in [1.82, 2.24) is 10.0 Å². The summed E-state index contributed by atoms with van der Waals surface area (Å²) in [6, 6.07) is 6.19. The average molecular weight is 308 g/mol. The van der Waals surface area contributed by atoms with Gasteiger partial charge >= 0.3 is 0 Å². The molecule has 0 heterocycles. The van der Waals surface area contributed by atoms with Crippen LogP contribution in [0, 0.1) is 0 Å². The summed E-state index contributed by atoms with van der Waals surface area (Å²) in [5.41, 5.74) is 0.476. The molecule has 5 nitrogen and oxygen atoms in total.